The second-order valence-electron chi connectivity index (χ2n) is 8.28. The summed E-state index contributed by atoms with van der Waals surface area (Å²) in [6.45, 7) is 7.65. The lowest BCUT2D eigenvalue weighted by Crippen LogP contribution is -2.38. The first-order valence-electron chi connectivity index (χ1n) is 10.7. The van der Waals surface area contributed by atoms with Crippen LogP contribution in [0.4, 0.5) is 5.69 Å². The van der Waals surface area contributed by atoms with Gasteiger partial charge in [0.15, 0.2) is 5.11 Å². The van der Waals surface area contributed by atoms with E-state index in [-0.39, 0.29) is 23.0 Å². The van der Waals surface area contributed by atoms with Gasteiger partial charge in [-0.25, -0.2) is 0 Å². The highest BCUT2D eigenvalue weighted by Gasteiger charge is 2.21. The van der Waals surface area contributed by atoms with Crippen LogP contribution in [0.5, 0.6) is 5.75 Å². The molecule has 2 aromatic carbocycles. The van der Waals surface area contributed by atoms with Crippen molar-refractivity contribution in [3.05, 3.63) is 58.1 Å². The quantitative estimate of drug-likeness (QED) is 0.531. The number of carbonyl (C=O) groups is 2. The molecular formula is C24H28BrN3O3S. The number of likely N-dealkylation sites (tertiary alicyclic amines) is 1. The number of amides is 2. The Hall–Kier alpha value is -2.45. The van der Waals surface area contributed by atoms with Gasteiger partial charge in [-0.05, 0) is 97.2 Å². The number of rotatable bonds is 5. The summed E-state index contributed by atoms with van der Waals surface area (Å²) >= 11 is 8.73. The highest BCUT2D eigenvalue weighted by atomic mass is 79.9. The molecule has 0 saturated carbocycles. The molecule has 3 rings (SSSR count). The Morgan fingerprint density at radius 3 is 2.50 bits per heavy atom. The minimum Gasteiger partial charge on any atom is -0.490 e. The molecule has 0 unspecified atom stereocenters. The first-order valence-corrected chi connectivity index (χ1v) is 11.9. The van der Waals surface area contributed by atoms with Crippen molar-refractivity contribution in [3.8, 4) is 5.75 Å². The van der Waals surface area contributed by atoms with Crippen molar-refractivity contribution >= 4 is 50.8 Å². The fourth-order valence-corrected chi connectivity index (χ4v) is 4.14. The molecule has 0 aliphatic carbocycles. The second kappa shape index (κ2) is 10.9. The van der Waals surface area contributed by atoms with Crippen LogP contribution >= 0.6 is 28.1 Å². The van der Waals surface area contributed by atoms with Crippen LogP contribution in [0, 0.1) is 5.92 Å². The molecule has 1 saturated heterocycles. The van der Waals surface area contributed by atoms with Crippen LogP contribution in [0.15, 0.2) is 46.9 Å². The van der Waals surface area contributed by atoms with Crippen LogP contribution in [0.2, 0.25) is 0 Å². The number of nitrogens with zero attached hydrogens (tertiary/aromatic N) is 1. The van der Waals surface area contributed by atoms with Crippen LogP contribution in [0.1, 0.15) is 54.3 Å². The maximum atomic E-state index is 12.8. The third-order valence-electron chi connectivity index (χ3n) is 5.22. The topological polar surface area (TPSA) is 70.7 Å². The lowest BCUT2D eigenvalue weighted by molar-refractivity contribution is 0.0697. The summed E-state index contributed by atoms with van der Waals surface area (Å²) in [6, 6.07) is 12.3. The molecule has 2 aromatic rings. The smallest absolute Gasteiger partial charge is 0.257 e. The van der Waals surface area contributed by atoms with Crippen LogP contribution < -0.4 is 15.4 Å². The van der Waals surface area contributed by atoms with Gasteiger partial charge in [0.1, 0.15) is 5.75 Å². The van der Waals surface area contributed by atoms with E-state index in [9.17, 15) is 9.59 Å². The highest BCUT2D eigenvalue weighted by molar-refractivity contribution is 9.10. The van der Waals surface area contributed by atoms with E-state index < -0.39 is 0 Å². The molecule has 0 bridgehead atoms. The van der Waals surface area contributed by atoms with Crippen molar-refractivity contribution in [2.75, 3.05) is 18.4 Å². The normalized spacial score (nSPS) is 14.2. The summed E-state index contributed by atoms with van der Waals surface area (Å²) in [5.74, 6) is 1.01. The number of thiocarbonyl (C=S) groups is 1. The molecule has 32 heavy (non-hydrogen) atoms. The van der Waals surface area contributed by atoms with E-state index in [1.54, 1.807) is 36.4 Å². The molecule has 0 aromatic heterocycles. The average molecular weight is 518 g/mol. The molecule has 0 atom stereocenters. The van der Waals surface area contributed by atoms with Gasteiger partial charge in [-0.2, -0.15) is 0 Å². The van der Waals surface area contributed by atoms with Gasteiger partial charge in [0.25, 0.3) is 11.8 Å². The van der Waals surface area contributed by atoms with Crippen molar-refractivity contribution in [3.63, 3.8) is 0 Å². The van der Waals surface area contributed by atoms with Gasteiger partial charge in [0.2, 0.25) is 0 Å². The Kier molecular flexibility index (Phi) is 8.26. The van der Waals surface area contributed by atoms with E-state index in [4.69, 9.17) is 17.0 Å². The first kappa shape index (κ1) is 24.2. The fraction of sp³-hybridized carbons (Fsp3) is 0.375. The number of carbonyl (C=O) groups excluding carboxylic acids is 2. The summed E-state index contributed by atoms with van der Waals surface area (Å²) < 4.78 is 6.36. The average Bonchev–Trinajstić information content (AvgIpc) is 2.75. The second-order valence-corrected chi connectivity index (χ2v) is 9.54. The Bertz CT molecular complexity index is 1000. The molecule has 0 radical (unpaired) electrons. The van der Waals surface area contributed by atoms with Gasteiger partial charge in [-0.3, -0.25) is 14.9 Å². The zero-order valence-corrected chi connectivity index (χ0v) is 20.9. The van der Waals surface area contributed by atoms with E-state index in [1.165, 1.54) is 0 Å². The minimum atomic E-state index is -0.339. The highest BCUT2D eigenvalue weighted by Crippen LogP contribution is 2.27. The third-order valence-corrected chi connectivity index (χ3v) is 6.05. The largest absolute Gasteiger partial charge is 0.490 e. The zero-order valence-electron chi connectivity index (χ0n) is 18.5. The van der Waals surface area contributed by atoms with E-state index in [1.807, 2.05) is 24.8 Å². The van der Waals surface area contributed by atoms with Crippen LogP contribution in [0.3, 0.4) is 0 Å². The summed E-state index contributed by atoms with van der Waals surface area (Å²) in [4.78, 5) is 27.3. The monoisotopic (exact) mass is 517 g/mol. The number of halogens is 1. The van der Waals surface area contributed by atoms with Crippen LogP contribution in [-0.2, 0) is 0 Å². The molecule has 1 heterocycles. The SMILES string of the molecule is CC1CCN(C(=O)c2cccc(NC(=S)NC(=O)c3ccc(OC(C)C)c(Br)c3)c2)CC1. The standard InChI is InChI=1S/C24H28BrN3O3S/c1-15(2)31-21-8-7-17(14-20(21)25)22(29)27-24(32)26-19-6-4-5-18(13-19)23(30)28-11-9-16(3)10-12-28/h4-8,13-16H,9-12H2,1-3H3,(H2,26,27,29,32). The van der Waals surface area contributed by atoms with Crippen LogP contribution in [0.25, 0.3) is 0 Å². The maximum Gasteiger partial charge on any atom is 0.257 e. The summed E-state index contributed by atoms with van der Waals surface area (Å²) in [5.41, 5.74) is 1.69. The zero-order chi connectivity index (χ0) is 23.3. The van der Waals surface area contributed by atoms with Gasteiger partial charge in [-0.15, -0.1) is 0 Å². The van der Waals surface area contributed by atoms with Crippen molar-refractivity contribution < 1.29 is 14.3 Å². The summed E-state index contributed by atoms with van der Waals surface area (Å²) in [6.07, 6.45) is 2.09. The molecule has 2 N–H and O–H groups in total. The Morgan fingerprint density at radius 2 is 1.84 bits per heavy atom. The molecular weight excluding hydrogens is 490 g/mol. The number of hydrogen-bond acceptors (Lipinski definition) is 4. The van der Waals surface area contributed by atoms with Crippen molar-refractivity contribution in [2.24, 2.45) is 5.92 Å². The predicted molar refractivity (Wildman–Crippen MR) is 134 cm³/mol. The summed E-state index contributed by atoms with van der Waals surface area (Å²) in [7, 11) is 0. The van der Waals surface area contributed by atoms with E-state index in [0.29, 0.717) is 33.0 Å². The third kappa shape index (κ3) is 6.53. The van der Waals surface area contributed by atoms with Gasteiger partial charge < -0.3 is 15.0 Å². The number of nitrogens with one attached hydrogen (secondary N) is 2. The molecule has 1 aliphatic rings. The fourth-order valence-electron chi connectivity index (χ4n) is 3.45. The predicted octanol–water partition coefficient (Wildman–Crippen LogP) is 5.24. The lowest BCUT2D eigenvalue weighted by Gasteiger charge is -2.30. The van der Waals surface area contributed by atoms with Crippen molar-refractivity contribution in [1.29, 1.82) is 0 Å². The van der Waals surface area contributed by atoms with Gasteiger partial charge in [0.05, 0.1) is 10.6 Å². The number of piperidine rings is 1. The van der Waals surface area contributed by atoms with Gasteiger partial charge in [-0.1, -0.05) is 13.0 Å². The Morgan fingerprint density at radius 1 is 1.12 bits per heavy atom. The number of benzene rings is 2. The molecule has 1 fully saturated rings. The number of ether oxygens (including phenoxy) is 1. The molecule has 2 amide bonds. The van der Waals surface area contributed by atoms with E-state index in [2.05, 4.69) is 33.5 Å². The first-order chi connectivity index (χ1) is 15.2. The summed E-state index contributed by atoms with van der Waals surface area (Å²) in [5, 5.41) is 5.82. The van der Waals surface area contributed by atoms with Gasteiger partial charge in [0, 0.05) is 29.9 Å². The number of anilines is 1. The Labute approximate surface area is 202 Å². The minimum absolute atomic E-state index is 0.0176. The maximum absolute atomic E-state index is 12.8. The lowest BCUT2D eigenvalue weighted by atomic mass is 9.98. The molecule has 8 heteroatoms. The van der Waals surface area contributed by atoms with Crippen molar-refractivity contribution in [2.45, 2.75) is 39.7 Å². The molecule has 6 nitrogen and oxygen atoms in total. The molecule has 0 spiro atoms. The Balaban J connectivity index is 1.60. The van der Waals surface area contributed by atoms with Crippen LogP contribution in [-0.4, -0.2) is 41.0 Å². The molecule has 170 valence electrons. The van der Waals surface area contributed by atoms with Crippen molar-refractivity contribution in [1.82, 2.24) is 10.2 Å². The van der Waals surface area contributed by atoms with E-state index in [0.717, 1.165) is 25.9 Å². The van der Waals surface area contributed by atoms with Gasteiger partial charge >= 0.3 is 0 Å². The number of hydrogen-bond donors (Lipinski definition) is 2. The molecule has 1 aliphatic heterocycles. The van der Waals surface area contributed by atoms with E-state index >= 15 is 0 Å².